The molecule has 7 heteroatoms. The van der Waals surface area contributed by atoms with Crippen molar-refractivity contribution in [2.24, 2.45) is 0 Å². The van der Waals surface area contributed by atoms with Crippen LogP contribution in [0.15, 0.2) is 18.2 Å². The largest absolute Gasteiger partial charge is 0.493 e. The predicted molar refractivity (Wildman–Crippen MR) is 77.1 cm³/mol. The van der Waals surface area contributed by atoms with E-state index in [0.29, 0.717) is 12.3 Å². The molecule has 1 aromatic carbocycles. The summed E-state index contributed by atoms with van der Waals surface area (Å²) in [6.45, 7) is -0.461. The summed E-state index contributed by atoms with van der Waals surface area (Å²) in [7, 11) is 5.28. The molecule has 0 heterocycles. The highest BCUT2D eigenvalue weighted by molar-refractivity contribution is 5.85. The molecule has 0 fully saturated rings. The van der Waals surface area contributed by atoms with Crippen LogP contribution in [0, 0.1) is 0 Å². The standard InChI is InChI=1S/C13H20F2N2O2.ClH/c1-16-6-7-17(2)9-10-4-5-11(18-3)12(8-10)19-13(14)15;/h4-5,8,13,16H,6-7,9H2,1-3H3;1H. The van der Waals surface area contributed by atoms with Gasteiger partial charge >= 0.3 is 6.61 Å². The van der Waals surface area contributed by atoms with Crippen molar-refractivity contribution < 1.29 is 18.3 Å². The molecule has 1 aromatic rings. The first-order chi connectivity index (χ1) is 9.06. The molecule has 0 aliphatic rings. The molecular weight excluding hydrogens is 290 g/mol. The molecule has 0 saturated heterocycles. The van der Waals surface area contributed by atoms with Crippen LogP contribution >= 0.6 is 12.4 Å². The van der Waals surface area contributed by atoms with Crippen LogP contribution in [0.2, 0.25) is 0 Å². The fourth-order valence-electron chi connectivity index (χ4n) is 1.70. The number of rotatable bonds is 8. The van der Waals surface area contributed by atoms with E-state index < -0.39 is 6.61 Å². The Morgan fingerprint density at radius 3 is 2.55 bits per heavy atom. The van der Waals surface area contributed by atoms with Gasteiger partial charge in [-0.3, -0.25) is 0 Å². The molecule has 0 unspecified atom stereocenters. The van der Waals surface area contributed by atoms with Gasteiger partial charge in [-0.15, -0.1) is 12.4 Å². The van der Waals surface area contributed by atoms with Crippen molar-refractivity contribution in [3.63, 3.8) is 0 Å². The summed E-state index contributed by atoms with van der Waals surface area (Å²) in [6.07, 6.45) is 0. The van der Waals surface area contributed by atoms with E-state index >= 15 is 0 Å². The summed E-state index contributed by atoms with van der Waals surface area (Å²) in [5.41, 5.74) is 0.898. The number of nitrogens with one attached hydrogen (secondary N) is 1. The van der Waals surface area contributed by atoms with Crippen molar-refractivity contribution in [3.05, 3.63) is 23.8 Å². The average molecular weight is 311 g/mol. The lowest BCUT2D eigenvalue weighted by molar-refractivity contribution is -0.0512. The van der Waals surface area contributed by atoms with Crippen LogP contribution in [-0.4, -0.2) is 45.8 Å². The van der Waals surface area contributed by atoms with Crippen LogP contribution in [0.4, 0.5) is 8.78 Å². The Balaban J connectivity index is 0.00000361. The minimum absolute atomic E-state index is 0. The third-order valence-electron chi connectivity index (χ3n) is 2.64. The zero-order valence-corrected chi connectivity index (χ0v) is 12.7. The number of hydrogen-bond donors (Lipinski definition) is 1. The molecule has 0 aliphatic heterocycles. The lowest BCUT2D eigenvalue weighted by Crippen LogP contribution is -2.26. The molecule has 0 radical (unpaired) electrons. The van der Waals surface area contributed by atoms with E-state index in [1.807, 2.05) is 20.2 Å². The van der Waals surface area contributed by atoms with E-state index in [0.717, 1.165) is 18.7 Å². The second-order valence-corrected chi connectivity index (χ2v) is 4.21. The first-order valence-corrected chi connectivity index (χ1v) is 6.01. The Morgan fingerprint density at radius 1 is 1.30 bits per heavy atom. The maximum absolute atomic E-state index is 12.3. The van der Waals surface area contributed by atoms with Gasteiger partial charge in [-0.1, -0.05) is 6.07 Å². The van der Waals surface area contributed by atoms with E-state index in [2.05, 4.69) is 15.0 Å². The first-order valence-electron chi connectivity index (χ1n) is 6.01. The van der Waals surface area contributed by atoms with Crippen LogP contribution in [0.25, 0.3) is 0 Å². The third-order valence-corrected chi connectivity index (χ3v) is 2.64. The highest BCUT2D eigenvalue weighted by Gasteiger charge is 2.11. The van der Waals surface area contributed by atoms with Crippen molar-refractivity contribution in [1.29, 1.82) is 0 Å². The number of ether oxygens (including phenoxy) is 2. The number of nitrogens with zero attached hydrogens (tertiary/aromatic N) is 1. The molecule has 20 heavy (non-hydrogen) atoms. The van der Waals surface area contributed by atoms with Crippen molar-refractivity contribution in [2.45, 2.75) is 13.2 Å². The minimum atomic E-state index is -2.86. The molecule has 4 nitrogen and oxygen atoms in total. The number of halogens is 3. The molecule has 0 bridgehead atoms. The summed E-state index contributed by atoms with van der Waals surface area (Å²) < 4.78 is 34.0. The molecule has 0 aromatic heterocycles. The van der Waals surface area contributed by atoms with Gasteiger partial charge in [-0.2, -0.15) is 8.78 Å². The number of likely N-dealkylation sites (N-methyl/N-ethyl adjacent to an activating group) is 2. The molecule has 0 aliphatic carbocycles. The fraction of sp³-hybridized carbons (Fsp3) is 0.538. The lowest BCUT2D eigenvalue weighted by Gasteiger charge is -2.17. The van der Waals surface area contributed by atoms with E-state index in [-0.39, 0.29) is 18.2 Å². The minimum Gasteiger partial charge on any atom is -0.493 e. The highest BCUT2D eigenvalue weighted by atomic mass is 35.5. The van der Waals surface area contributed by atoms with Crippen LogP contribution in [0.3, 0.4) is 0 Å². The summed E-state index contributed by atoms with van der Waals surface area (Å²) in [5, 5.41) is 3.05. The molecule has 0 amide bonds. The zero-order chi connectivity index (χ0) is 14.3. The maximum atomic E-state index is 12.3. The van der Waals surface area contributed by atoms with Gasteiger partial charge in [0.1, 0.15) is 0 Å². The second-order valence-electron chi connectivity index (χ2n) is 4.21. The molecule has 116 valence electrons. The molecule has 1 N–H and O–H groups in total. The lowest BCUT2D eigenvalue weighted by atomic mass is 10.2. The molecule has 0 spiro atoms. The SMILES string of the molecule is CNCCN(C)Cc1ccc(OC)c(OC(F)F)c1.Cl. The van der Waals surface area contributed by atoms with Crippen molar-refractivity contribution in [2.75, 3.05) is 34.3 Å². The van der Waals surface area contributed by atoms with Gasteiger partial charge in [0.25, 0.3) is 0 Å². The number of hydrogen-bond acceptors (Lipinski definition) is 4. The van der Waals surface area contributed by atoms with E-state index in [1.54, 1.807) is 12.1 Å². The third kappa shape index (κ3) is 6.36. The predicted octanol–water partition coefficient (Wildman–Crippen LogP) is 2.37. The van der Waals surface area contributed by atoms with Gasteiger partial charge in [0.05, 0.1) is 7.11 Å². The van der Waals surface area contributed by atoms with Gasteiger partial charge < -0.3 is 19.7 Å². The Bertz CT molecular complexity index is 395. The molecule has 0 saturated carbocycles. The van der Waals surface area contributed by atoms with Gasteiger partial charge in [0.2, 0.25) is 0 Å². The fourth-order valence-corrected chi connectivity index (χ4v) is 1.70. The van der Waals surface area contributed by atoms with Crippen molar-refractivity contribution in [1.82, 2.24) is 10.2 Å². The Hall–Kier alpha value is -1.11. The monoisotopic (exact) mass is 310 g/mol. The van der Waals surface area contributed by atoms with E-state index in [4.69, 9.17) is 4.74 Å². The molecule has 0 atom stereocenters. The smallest absolute Gasteiger partial charge is 0.387 e. The first kappa shape index (κ1) is 18.9. The Labute approximate surface area is 124 Å². The molecule has 1 rings (SSSR count). The summed E-state index contributed by atoms with van der Waals surface area (Å²) in [4.78, 5) is 2.09. The zero-order valence-electron chi connectivity index (χ0n) is 11.9. The quantitative estimate of drug-likeness (QED) is 0.799. The van der Waals surface area contributed by atoms with Crippen molar-refractivity contribution in [3.8, 4) is 11.5 Å². The Morgan fingerprint density at radius 2 is 2.00 bits per heavy atom. The second kappa shape index (κ2) is 9.74. The van der Waals surface area contributed by atoms with Gasteiger partial charge in [0.15, 0.2) is 11.5 Å². The number of alkyl halides is 2. The van der Waals surface area contributed by atoms with Crippen molar-refractivity contribution >= 4 is 12.4 Å². The van der Waals surface area contributed by atoms with Gasteiger partial charge in [-0.05, 0) is 31.8 Å². The van der Waals surface area contributed by atoms with Gasteiger partial charge in [0, 0.05) is 19.6 Å². The maximum Gasteiger partial charge on any atom is 0.387 e. The number of methoxy groups -OCH3 is 1. The summed E-state index contributed by atoms with van der Waals surface area (Å²) >= 11 is 0. The average Bonchev–Trinajstić information content (AvgIpc) is 2.36. The highest BCUT2D eigenvalue weighted by Crippen LogP contribution is 2.29. The van der Waals surface area contributed by atoms with Crippen LogP contribution in [0.1, 0.15) is 5.56 Å². The van der Waals surface area contributed by atoms with Crippen LogP contribution in [0.5, 0.6) is 11.5 Å². The normalized spacial score (nSPS) is 10.6. The van der Waals surface area contributed by atoms with E-state index in [9.17, 15) is 8.78 Å². The summed E-state index contributed by atoms with van der Waals surface area (Å²) in [6, 6.07) is 5.06. The number of benzene rings is 1. The van der Waals surface area contributed by atoms with Crippen LogP contribution in [-0.2, 0) is 6.54 Å². The van der Waals surface area contributed by atoms with Gasteiger partial charge in [-0.25, -0.2) is 0 Å². The van der Waals surface area contributed by atoms with E-state index in [1.165, 1.54) is 7.11 Å². The topological polar surface area (TPSA) is 33.7 Å². The Kier molecular flexibility index (Phi) is 9.20. The molecular formula is C13H21ClF2N2O2. The summed E-state index contributed by atoms with van der Waals surface area (Å²) in [5.74, 6) is 0.374. The van der Waals surface area contributed by atoms with Crippen LogP contribution < -0.4 is 14.8 Å².